The Hall–Kier alpha value is -1.86. The minimum atomic E-state index is 0.162. The molecule has 0 bridgehead atoms. The molecule has 1 fully saturated rings. The summed E-state index contributed by atoms with van der Waals surface area (Å²) in [7, 11) is 0. The largest absolute Gasteiger partial charge is 0.324 e. The highest BCUT2D eigenvalue weighted by Crippen LogP contribution is 2.38. The molecule has 3 aromatic carbocycles. The molecule has 4 rings (SSSR count). The molecule has 0 saturated heterocycles. The zero-order chi connectivity index (χ0) is 14.9. The molecule has 1 nitrogen and oxygen atoms in total. The molecule has 0 unspecified atom stereocenters. The molecule has 1 atom stereocenters. The number of hydrogen-bond acceptors (Lipinski definition) is 1. The third-order valence-corrected chi connectivity index (χ3v) is 5.32. The molecule has 1 aliphatic carbocycles. The lowest BCUT2D eigenvalue weighted by Crippen LogP contribution is -2.23. The maximum Gasteiger partial charge on any atom is 0.0329 e. The van der Waals surface area contributed by atoms with Gasteiger partial charge in [0.25, 0.3) is 0 Å². The monoisotopic (exact) mass is 289 g/mol. The molecule has 1 aliphatic rings. The first kappa shape index (κ1) is 13.8. The number of hydrogen-bond donors (Lipinski definition) is 1. The molecular formula is C21H23N. The van der Waals surface area contributed by atoms with Crippen LogP contribution in [-0.4, -0.2) is 0 Å². The molecule has 1 heteroatoms. The molecular weight excluding hydrogens is 266 g/mol. The van der Waals surface area contributed by atoms with Gasteiger partial charge in [-0.2, -0.15) is 0 Å². The van der Waals surface area contributed by atoms with E-state index < -0.39 is 0 Å². The van der Waals surface area contributed by atoms with Gasteiger partial charge in [-0.25, -0.2) is 0 Å². The number of fused-ring (bicyclic) bond motifs is 3. The number of nitrogens with two attached hydrogens (primary N) is 1. The van der Waals surface area contributed by atoms with Gasteiger partial charge in [-0.15, -0.1) is 0 Å². The van der Waals surface area contributed by atoms with Gasteiger partial charge in [-0.1, -0.05) is 67.8 Å². The molecule has 2 N–H and O–H groups in total. The quantitative estimate of drug-likeness (QED) is 0.613. The van der Waals surface area contributed by atoms with Gasteiger partial charge in [0, 0.05) is 6.04 Å². The smallest absolute Gasteiger partial charge is 0.0329 e. The standard InChI is InChI=1S/C21H23N/c22-21(15-8-2-1-3-9-15)20-14-16-10-4-5-11-17(16)18-12-6-7-13-19(18)20/h4-7,10-15,21H,1-3,8-9,22H2/t21-/m1/s1. The van der Waals surface area contributed by atoms with Gasteiger partial charge in [0.2, 0.25) is 0 Å². The molecule has 22 heavy (non-hydrogen) atoms. The van der Waals surface area contributed by atoms with E-state index in [-0.39, 0.29) is 6.04 Å². The second-order valence-electron chi connectivity index (χ2n) is 6.66. The fraction of sp³-hybridized carbons (Fsp3) is 0.333. The Bertz CT molecular complexity index is 799. The lowest BCUT2D eigenvalue weighted by molar-refractivity contribution is 0.309. The van der Waals surface area contributed by atoms with Crippen molar-refractivity contribution >= 4 is 21.5 Å². The number of rotatable bonds is 2. The SMILES string of the molecule is N[C@@H](c1cc2ccccc2c2ccccc12)C1CCCCC1. The molecule has 1 saturated carbocycles. The second kappa shape index (κ2) is 5.73. The fourth-order valence-corrected chi connectivity index (χ4v) is 4.11. The summed E-state index contributed by atoms with van der Waals surface area (Å²) in [5.74, 6) is 0.637. The average Bonchev–Trinajstić information content (AvgIpc) is 2.61. The van der Waals surface area contributed by atoms with Crippen LogP contribution in [0.15, 0.2) is 54.6 Å². The minimum Gasteiger partial charge on any atom is -0.324 e. The fourth-order valence-electron chi connectivity index (χ4n) is 4.11. The highest BCUT2D eigenvalue weighted by atomic mass is 14.7. The first-order valence-corrected chi connectivity index (χ1v) is 8.50. The second-order valence-corrected chi connectivity index (χ2v) is 6.66. The summed E-state index contributed by atoms with van der Waals surface area (Å²) in [5.41, 5.74) is 8.06. The third-order valence-electron chi connectivity index (χ3n) is 5.32. The van der Waals surface area contributed by atoms with Crippen LogP contribution in [-0.2, 0) is 0 Å². The Morgan fingerprint density at radius 3 is 2.18 bits per heavy atom. The molecule has 112 valence electrons. The maximum atomic E-state index is 6.73. The van der Waals surface area contributed by atoms with Gasteiger partial charge in [0.05, 0.1) is 0 Å². The van der Waals surface area contributed by atoms with Crippen molar-refractivity contribution < 1.29 is 0 Å². The van der Waals surface area contributed by atoms with Crippen LogP contribution < -0.4 is 5.73 Å². The van der Waals surface area contributed by atoms with Crippen molar-refractivity contribution in [3.05, 3.63) is 60.2 Å². The summed E-state index contributed by atoms with van der Waals surface area (Å²) in [6, 6.07) is 19.9. The van der Waals surface area contributed by atoms with Crippen LogP contribution in [0.5, 0.6) is 0 Å². The molecule has 3 aromatic rings. The first-order chi connectivity index (χ1) is 10.8. The molecule has 0 heterocycles. The van der Waals surface area contributed by atoms with Gasteiger partial charge in [-0.05, 0) is 51.9 Å². The van der Waals surface area contributed by atoms with E-state index in [9.17, 15) is 0 Å². The summed E-state index contributed by atoms with van der Waals surface area (Å²) in [5, 5.41) is 5.31. The topological polar surface area (TPSA) is 26.0 Å². The van der Waals surface area contributed by atoms with Gasteiger partial charge in [0.15, 0.2) is 0 Å². The van der Waals surface area contributed by atoms with Crippen molar-refractivity contribution in [2.45, 2.75) is 38.1 Å². The molecule has 0 radical (unpaired) electrons. The van der Waals surface area contributed by atoms with Crippen molar-refractivity contribution in [2.24, 2.45) is 11.7 Å². The molecule has 0 amide bonds. The van der Waals surface area contributed by atoms with E-state index >= 15 is 0 Å². The Kier molecular flexibility index (Phi) is 3.59. The average molecular weight is 289 g/mol. The summed E-state index contributed by atoms with van der Waals surface area (Å²) < 4.78 is 0. The summed E-state index contributed by atoms with van der Waals surface area (Å²) in [6.45, 7) is 0. The minimum absolute atomic E-state index is 0.162. The Morgan fingerprint density at radius 2 is 1.41 bits per heavy atom. The van der Waals surface area contributed by atoms with Crippen molar-refractivity contribution in [1.82, 2.24) is 0 Å². The van der Waals surface area contributed by atoms with Crippen LogP contribution in [0.25, 0.3) is 21.5 Å². The predicted octanol–water partition coefficient (Wildman–Crippen LogP) is 5.57. The zero-order valence-electron chi connectivity index (χ0n) is 13.0. The van der Waals surface area contributed by atoms with Crippen molar-refractivity contribution in [2.75, 3.05) is 0 Å². The Morgan fingerprint density at radius 1 is 0.773 bits per heavy atom. The summed E-state index contributed by atoms with van der Waals surface area (Å²) in [6.07, 6.45) is 6.61. The van der Waals surface area contributed by atoms with E-state index in [1.165, 1.54) is 59.2 Å². The summed E-state index contributed by atoms with van der Waals surface area (Å²) >= 11 is 0. The highest BCUT2D eigenvalue weighted by molar-refractivity contribution is 6.09. The Labute approximate surface area is 132 Å². The maximum absolute atomic E-state index is 6.73. The van der Waals surface area contributed by atoms with Crippen LogP contribution in [0, 0.1) is 5.92 Å². The van der Waals surface area contributed by atoms with Gasteiger partial charge in [-0.3, -0.25) is 0 Å². The van der Waals surface area contributed by atoms with E-state index in [2.05, 4.69) is 54.6 Å². The van der Waals surface area contributed by atoms with E-state index in [1.54, 1.807) is 0 Å². The zero-order valence-corrected chi connectivity index (χ0v) is 13.0. The normalized spacial score (nSPS) is 17.9. The van der Waals surface area contributed by atoms with Crippen LogP contribution in [0.1, 0.15) is 43.7 Å². The number of benzene rings is 3. The summed E-state index contributed by atoms with van der Waals surface area (Å²) in [4.78, 5) is 0. The van der Waals surface area contributed by atoms with Gasteiger partial charge in [0.1, 0.15) is 0 Å². The van der Waals surface area contributed by atoms with E-state index in [4.69, 9.17) is 5.73 Å². The van der Waals surface area contributed by atoms with E-state index in [1.807, 2.05) is 0 Å². The third kappa shape index (κ3) is 2.30. The molecule has 0 spiro atoms. The van der Waals surface area contributed by atoms with Gasteiger partial charge >= 0.3 is 0 Å². The lowest BCUT2D eigenvalue weighted by atomic mass is 9.80. The first-order valence-electron chi connectivity index (χ1n) is 8.50. The molecule has 0 aromatic heterocycles. The van der Waals surface area contributed by atoms with Crippen molar-refractivity contribution in [3.8, 4) is 0 Å². The van der Waals surface area contributed by atoms with Crippen molar-refractivity contribution in [3.63, 3.8) is 0 Å². The van der Waals surface area contributed by atoms with Crippen LogP contribution in [0.4, 0.5) is 0 Å². The van der Waals surface area contributed by atoms with Crippen LogP contribution in [0.3, 0.4) is 0 Å². The Balaban J connectivity index is 1.91. The lowest BCUT2D eigenvalue weighted by Gasteiger charge is -2.29. The van der Waals surface area contributed by atoms with Gasteiger partial charge < -0.3 is 5.73 Å². The highest BCUT2D eigenvalue weighted by Gasteiger charge is 2.23. The van der Waals surface area contributed by atoms with E-state index in [0.29, 0.717) is 5.92 Å². The van der Waals surface area contributed by atoms with Crippen molar-refractivity contribution in [1.29, 1.82) is 0 Å². The van der Waals surface area contributed by atoms with Crippen LogP contribution in [0.2, 0.25) is 0 Å². The van der Waals surface area contributed by atoms with E-state index in [0.717, 1.165) is 0 Å². The predicted molar refractivity (Wildman–Crippen MR) is 95.0 cm³/mol. The molecule has 0 aliphatic heterocycles. The van der Waals surface area contributed by atoms with Crippen LogP contribution >= 0.6 is 0 Å².